The number of alkyl halides is 3. The molecule has 33 heavy (non-hydrogen) atoms. The number of aryl methyl sites for hydroxylation is 1. The Labute approximate surface area is 196 Å². The van der Waals surface area contributed by atoms with Gasteiger partial charge in [0, 0.05) is 10.8 Å². The van der Waals surface area contributed by atoms with Crippen LogP contribution in [0, 0.1) is 12.8 Å². The lowest BCUT2D eigenvalue weighted by atomic mass is 9.95. The highest BCUT2D eigenvalue weighted by atomic mass is 32.2. The minimum absolute atomic E-state index is 0.0375. The van der Waals surface area contributed by atoms with Gasteiger partial charge < -0.3 is 14.9 Å². The molecular formula is C25H30F3NO3S. The predicted octanol–water partition coefficient (Wildman–Crippen LogP) is 5.79. The summed E-state index contributed by atoms with van der Waals surface area (Å²) in [6.07, 6.45) is -3.72. The molecule has 0 fully saturated rings. The third-order valence-corrected chi connectivity index (χ3v) is 7.09. The molecule has 3 rings (SSSR count). The normalized spacial score (nSPS) is 19.6. The van der Waals surface area contributed by atoms with Crippen LogP contribution in [0.15, 0.2) is 47.5 Å². The Hall–Kier alpha value is -2.03. The van der Waals surface area contributed by atoms with Gasteiger partial charge in [0.2, 0.25) is 0 Å². The van der Waals surface area contributed by atoms with Crippen LogP contribution in [0.1, 0.15) is 55.0 Å². The van der Waals surface area contributed by atoms with Crippen molar-refractivity contribution in [2.75, 3.05) is 13.2 Å². The van der Waals surface area contributed by atoms with Gasteiger partial charge >= 0.3 is 6.18 Å². The summed E-state index contributed by atoms with van der Waals surface area (Å²) in [5.41, 5.74) is 1.72. The quantitative estimate of drug-likeness (QED) is 0.476. The van der Waals surface area contributed by atoms with Gasteiger partial charge in [-0.25, -0.2) is 0 Å². The Bertz CT molecular complexity index is 960. The molecule has 2 aromatic carbocycles. The highest BCUT2D eigenvalue weighted by Gasteiger charge is 2.34. The zero-order valence-electron chi connectivity index (χ0n) is 19.0. The van der Waals surface area contributed by atoms with Crippen LogP contribution in [0.2, 0.25) is 0 Å². The van der Waals surface area contributed by atoms with Crippen molar-refractivity contribution in [2.24, 2.45) is 10.9 Å². The van der Waals surface area contributed by atoms with E-state index in [0.29, 0.717) is 17.7 Å². The van der Waals surface area contributed by atoms with Crippen LogP contribution in [-0.4, -0.2) is 39.8 Å². The van der Waals surface area contributed by atoms with Crippen molar-refractivity contribution in [3.8, 4) is 5.75 Å². The maximum Gasteiger partial charge on any atom is 0.416 e. The number of hydrogen-bond donors (Lipinski definition) is 2. The van der Waals surface area contributed by atoms with Crippen molar-refractivity contribution in [1.82, 2.24) is 0 Å². The summed E-state index contributed by atoms with van der Waals surface area (Å²) < 4.78 is 44.1. The molecule has 3 atom stereocenters. The van der Waals surface area contributed by atoms with E-state index in [9.17, 15) is 18.3 Å². The van der Waals surface area contributed by atoms with Crippen LogP contribution in [0.4, 0.5) is 13.2 Å². The summed E-state index contributed by atoms with van der Waals surface area (Å²) >= 11 is 1.58. The smallest absolute Gasteiger partial charge is 0.416 e. The van der Waals surface area contributed by atoms with Crippen LogP contribution >= 0.6 is 11.8 Å². The Morgan fingerprint density at radius 1 is 1.12 bits per heavy atom. The lowest BCUT2D eigenvalue weighted by Gasteiger charge is -2.22. The van der Waals surface area contributed by atoms with Crippen LogP contribution < -0.4 is 4.74 Å². The first-order valence-corrected chi connectivity index (χ1v) is 11.9. The molecule has 0 aromatic heterocycles. The molecule has 0 radical (unpaired) electrons. The van der Waals surface area contributed by atoms with Crippen molar-refractivity contribution >= 4 is 16.8 Å². The molecule has 180 valence electrons. The van der Waals surface area contributed by atoms with E-state index in [0.717, 1.165) is 34.7 Å². The molecule has 1 aliphatic heterocycles. The lowest BCUT2D eigenvalue weighted by Crippen LogP contribution is -2.23. The summed E-state index contributed by atoms with van der Waals surface area (Å²) in [5.74, 6) is 0.956. The van der Waals surface area contributed by atoms with E-state index >= 15 is 0 Å². The van der Waals surface area contributed by atoms with E-state index in [4.69, 9.17) is 14.8 Å². The largest absolute Gasteiger partial charge is 0.491 e. The highest BCUT2D eigenvalue weighted by Crippen LogP contribution is 2.39. The first kappa shape index (κ1) is 25.6. The van der Waals surface area contributed by atoms with Gasteiger partial charge in [0.15, 0.2) is 0 Å². The van der Waals surface area contributed by atoms with Crippen molar-refractivity contribution in [1.29, 1.82) is 0 Å². The monoisotopic (exact) mass is 481 g/mol. The molecule has 2 N–H and O–H groups in total. The SMILES string of the molecule is Cc1cc(C(O)CCC2SC(c3ccc(C(F)(F)F)cc3)=NC2C(C)C)ccc1OCCO. The summed E-state index contributed by atoms with van der Waals surface area (Å²) in [6.45, 7) is 6.23. The molecular weight excluding hydrogens is 451 g/mol. The molecule has 2 aromatic rings. The maximum atomic E-state index is 12.9. The van der Waals surface area contributed by atoms with Gasteiger partial charge in [-0.3, -0.25) is 4.99 Å². The Balaban J connectivity index is 1.64. The fourth-order valence-corrected chi connectivity index (χ4v) is 5.41. The van der Waals surface area contributed by atoms with Crippen LogP contribution in [0.25, 0.3) is 0 Å². The molecule has 1 aliphatic rings. The van der Waals surface area contributed by atoms with Crippen LogP contribution in [0.5, 0.6) is 5.75 Å². The van der Waals surface area contributed by atoms with Crippen molar-refractivity contribution < 1.29 is 28.1 Å². The molecule has 4 nitrogen and oxygen atoms in total. The zero-order chi connectivity index (χ0) is 24.2. The molecule has 1 heterocycles. The highest BCUT2D eigenvalue weighted by molar-refractivity contribution is 8.15. The average molecular weight is 482 g/mol. The summed E-state index contributed by atoms with van der Waals surface area (Å²) in [4.78, 5) is 4.82. The van der Waals surface area contributed by atoms with Crippen LogP contribution in [0.3, 0.4) is 0 Å². The molecule has 0 saturated carbocycles. The van der Waals surface area contributed by atoms with Gasteiger partial charge in [-0.05, 0) is 61.1 Å². The van der Waals surface area contributed by atoms with Crippen LogP contribution in [-0.2, 0) is 6.18 Å². The van der Waals surface area contributed by atoms with E-state index in [1.54, 1.807) is 17.8 Å². The molecule has 0 spiro atoms. The maximum absolute atomic E-state index is 12.9. The fourth-order valence-electron chi connectivity index (χ4n) is 3.90. The number of aliphatic hydroxyl groups excluding tert-OH is 2. The van der Waals surface area contributed by atoms with Crippen molar-refractivity contribution in [3.63, 3.8) is 0 Å². The summed E-state index contributed by atoms with van der Waals surface area (Å²) in [5, 5.41) is 20.6. The number of aliphatic hydroxyl groups is 2. The number of rotatable bonds is 9. The van der Waals surface area contributed by atoms with E-state index in [-0.39, 0.29) is 30.4 Å². The standard InChI is InChI=1S/C25H30F3NO3S/c1-15(2)23-22(33-24(29-23)17-4-7-19(8-5-17)25(26,27)28)11-9-20(31)18-6-10-21(16(3)14-18)32-13-12-30/h4-8,10,14-15,20,22-23,30-31H,9,11-13H2,1-3H3. The summed E-state index contributed by atoms with van der Waals surface area (Å²) in [7, 11) is 0. The Kier molecular flexibility index (Phi) is 8.48. The number of aliphatic imine (C=N–C) groups is 1. The number of thioether (sulfide) groups is 1. The average Bonchev–Trinajstić information content (AvgIpc) is 3.21. The summed E-state index contributed by atoms with van der Waals surface area (Å²) in [6, 6.07) is 10.7. The van der Waals surface area contributed by atoms with Crippen molar-refractivity contribution in [3.05, 3.63) is 64.7 Å². The van der Waals surface area contributed by atoms with E-state index in [2.05, 4.69) is 13.8 Å². The number of halogens is 3. The van der Waals surface area contributed by atoms with Gasteiger partial charge in [0.05, 0.1) is 29.4 Å². The molecule has 0 saturated heterocycles. The topological polar surface area (TPSA) is 62.1 Å². The fraction of sp³-hybridized carbons (Fsp3) is 0.480. The second-order valence-corrected chi connectivity index (χ2v) is 9.82. The Morgan fingerprint density at radius 3 is 2.39 bits per heavy atom. The number of benzene rings is 2. The second-order valence-electron chi connectivity index (χ2n) is 8.59. The minimum atomic E-state index is -4.36. The van der Waals surface area contributed by atoms with Gasteiger partial charge in [-0.15, -0.1) is 11.8 Å². The van der Waals surface area contributed by atoms with Gasteiger partial charge in [0.1, 0.15) is 12.4 Å². The van der Waals surface area contributed by atoms with E-state index < -0.39 is 17.8 Å². The second kappa shape index (κ2) is 10.9. The molecule has 0 aliphatic carbocycles. The molecule has 8 heteroatoms. The first-order valence-electron chi connectivity index (χ1n) is 11.0. The number of hydrogen-bond acceptors (Lipinski definition) is 5. The lowest BCUT2D eigenvalue weighted by molar-refractivity contribution is -0.137. The van der Waals surface area contributed by atoms with Gasteiger partial charge in [-0.1, -0.05) is 32.0 Å². The minimum Gasteiger partial charge on any atom is -0.491 e. The number of nitrogens with zero attached hydrogens (tertiary/aromatic N) is 1. The first-order chi connectivity index (χ1) is 15.6. The predicted molar refractivity (Wildman–Crippen MR) is 126 cm³/mol. The Morgan fingerprint density at radius 2 is 1.82 bits per heavy atom. The van der Waals surface area contributed by atoms with E-state index in [1.807, 2.05) is 19.1 Å². The molecule has 0 amide bonds. The number of ether oxygens (including phenoxy) is 1. The van der Waals surface area contributed by atoms with Crippen molar-refractivity contribution in [2.45, 2.75) is 57.2 Å². The van der Waals surface area contributed by atoms with Gasteiger partial charge in [0.25, 0.3) is 0 Å². The third kappa shape index (κ3) is 6.52. The zero-order valence-corrected chi connectivity index (χ0v) is 19.8. The molecule has 0 bridgehead atoms. The third-order valence-electron chi connectivity index (χ3n) is 5.71. The van der Waals surface area contributed by atoms with Gasteiger partial charge in [-0.2, -0.15) is 13.2 Å². The molecule has 3 unspecified atom stereocenters. The van der Waals surface area contributed by atoms with E-state index in [1.165, 1.54) is 12.1 Å².